The van der Waals surface area contributed by atoms with Crippen LogP contribution in [-0.4, -0.2) is 52.2 Å². The minimum absolute atomic E-state index is 0.380. The molecule has 3 rings (SSSR count). The van der Waals surface area contributed by atoms with Gasteiger partial charge in [0.25, 0.3) is 0 Å². The van der Waals surface area contributed by atoms with Gasteiger partial charge in [0.15, 0.2) is 0 Å². The predicted molar refractivity (Wildman–Crippen MR) is 98.5 cm³/mol. The van der Waals surface area contributed by atoms with Gasteiger partial charge in [-0.2, -0.15) is 5.26 Å². The molecule has 2 heterocycles. The molecule has 1 aliphatic heterocycles. The highest BCUT2D eigenvalue weighted by Crippen LogP contribution is 2.21. The van der Waals surface area contributed by atoms with E-state index in [1.165, 1.54) is 4.90 Å². The number of benzene rings is 1. The van der Waals surface area contributed by atoms with Crippen molar-refractivity contribution in [3.63, 3.8) is 0 Å². The summed E-state index contributed by atoms with van der Waals surface area (Å²) in [6.45, 7) is 1.93. The highest BCUT2D eigenvalue weighted by atomic mass is 16.4. The van der Waals surface area contributed by atoms with Crippen molar-refractivity contribution in [2.45, 2.75) is 25.4 Å². The second-order valence-corrected chi connectivity index (χ2v) is 6.64. The molecule has 1 N–H and O–H groups in total. The lowest BCUT2D eigenvalue weighted by atomic mass is 10.0. The molecule has 0 bridgehead atoms. The van der Waals surface area contributed by atoms with Crippen LogP contribution < -0.4 is 0 Å². The topological polar surface area (TPSA) is 80.5 Å². The summed E-state index contributed by atoms with van der Waals surface area (Å²) >= 11 is 0. The third-order valence-corrected chi connectivity index (χ3v) is 4.94. The van der Waals surface area contributed by atoms with Crippen LogP contribution in [0.15, 0.2) is 42.6 Å². The van der Waals surface area contributed by atoms with Gasteiger partial charge in [-0.3, -0.25) is 9.88 Å². The van der Waals surface area contributed by atoms with Gasteiger partial charge in [-0.25, -0.2) is 4.79 Å². The van der Waals surface area contributed by atoms with Crippen LogP contribution >= 0.6 is 0 Å². The molecule has 2 aromatic rings. The van der Waals surface area contributed by atoms with Gasteiger partial charge >= 0.3 is 6.09 Å². The number of amides is 1. The number of rotatable bonds is 4. The number of carboxylic acid groups (broad SMARTS) is 1. The molecule has 134 valence electrons. The maximum atomic E-state index is 11.0. The Hall–Kier alpha value is -2.91. The van der Waals surface area contributed by atoms with Crippen LogP contribution in [0.2, 0.25) is 0 Å². The number of hydrogen-bond acceptors (Lipinski definition) is 4. The Morgan fingerprint density at radius 2 is 1.88 bits per heavy atom. The molecule has 0 atom stereocenters. The van der Waals surface area contributed by atoms with Gasteiger partial charge in [0.2, 0.25) is 0 Å². The number of nitrogens with zero attached hydrogens (tertiary/aromatic N) is 4. The molecule has 0 unspecified atom stereocenters. The Morgan fingerprint density at radius 3 is 2.42 bits per heavy atom. The van der Waals surface area contributed by atoms with E-state index in [0.29, 0.717) is 24.7 Å². The Balaban J connectivity index is 1.58. The minimum atomic E-state index is -0.828. The van der Waals surface area contributed by atoms with Crippen molar-refractivity contribution >= 4 is 6.09 Å². The van der Waals surface area contributed by atoms with E-state index < -0.39 is 6.09 Å². The van der Waals surface area contributed by atoms with E-state index in [4.69, 9.17) is 10.4 Å². The Bertz CT molecular complexity index is 788. The molecule has 6 heteroatoms. The summed E-state index contributed by atoms with van der Waals surface area (Å²) in [5, 5.41) is 17.9. The predicted octanol–water partition coefficient (Wildman–Crippen LogP) is 3.19. The summed E-state index contributed by atoms with van der Waals surface area (Å²) in [4.78, 5) is 19.3. The first-order valence-corrected chi connectivity index (χ1v) is 8.70. The third kappa shape index (κ3) is 4.19. The summed E-state index contributed by atoms with van der Waals surface area (Å²) in [5.41, 5.74) is 3.70. The van der Waals surface area contributed by atoms with Crippen LogP contribution in [0.5, 0.6) is 0 Å². The molecular weight excluding hydrogens is 328 g/mol. The fourth-order valence-electron chi connectivity index (χ4n) is 3.31. The lowest BCUT2D eigenvalue weighted by Crippen LogP contribution is -2.44. The molecule has 0 aliphatic carbocycles. The Labute approximate surface area is 153 Å². The molecule has 0 saturated carbocycles. The smallest absolute Gasteiger partial charge is 0.407 e. The van der Waals surface area contributed by atoms with Crippen molar-refractivity contribution in [1.82, 2.24) is 14.8 Å². The number of nitriles is 1. The lowest BCUT2D eigenvalue weighted by Gasteiger charge is -2.35. The summed E-state index contributed by atoms with van der Waals surface area (Å²) in [5.74, 6) is 0. The molecule has 1 aliphatic rings. The van der Waals surface area contributed by atoms with Crippen LogP contribution in [0.25, 0.3) is 11.1 Å². The van der Waals surface area contributed by atoms with Gasteiger partial charge in [0, 0.05) is 37.4 Å². The fraction of sp³-hybridized carbons (Fsp3) is 0.350. The van der Waals surface area contributed by atoms with E-state index in [0.717, 1.165) is 36.2 Å². The molecular formula is C20H22N4O2. The minimum Gasteiger partial charge on any atom is -0.465 e. The molecule has 1 amide bonds. The van der Waals surface area contributed by atoms with Gasteiger partial charge in [0.05, 0.1) is 17.3 Å². The lowest BCUT2D eigenvalue weighted by molar-refractivity contribution is 0.103. The standard InChI is InChI=1S/C20H22N4O2/c1-23(19-8-10-24(11-9-19)20(25)26)14-18-7-6-17(13-22-18)16-4-2-15(12-21)3-5-16/h2-7,13,19H,8-11,14H2,1H3,(H,25,26). The molecule has 1 saturated heterocycles. The van der Waals surface area contributed by atoms with Crippen LogP contribution in [0, 0.1) is 11.3 Å². The zero-order valence-corrected chi connectivity index (χ0v) is 14.8. The van der Waals surface area contributed by atoms with E-state index >= 15 is 0 Å². The molecule has 1 aromatic carbocycles. The van der Waals surface area contributed by atoms with Gasteiger partial charge in [-0.15, -0.1) is 0 Å². The number of hydrogen-bond donors (Lipinski definition) is 1. The van der Waals surface area contributed by atoms with Gasteiger partial charge in [-0.1, -0.05) is 18.2 Å². The van der Waals surface area contributed by atoms with Gasteiger partial charge in [-0.05, 0) is 43.7 Å². The quantitative estimate of drug-likeness (QED) is 0.916. The van der Waals surface area contributed by atoms with Crippen molar-refractivity contribution in [2.75, 3.05) is 20.1 Å². The molecule has 0 radical (unpaired) electrons. The largest absolute Gasteiger partial charge is 0.465 e. The van der Waals surface area contributed by atoms with E-state index in [1.54, 1.807) is 12.1 Å². The summed E-state index contributed by atoms with van der Waals surface area (Å²) < 4.78 is 0. The summed E-state index contributed by atoms with van der Waals surface area (Å²) in [6.07, 6.45) is 2.74. The molecule has 1 aromatic heterocycles. The number of pyridine rings is 1. The number of carbonyl (C=O) groups is 1. The van der Waals surface area contributed by atoms with E-state index in [9.17, 15) is 4.79 Å². The average Bonchev–Trinajstić information content (AvgIpc) is 2.68. The maximum Gasteiger partial charge on any atom is 0.407 e. The zero-order valence-electron chi connectivity index (χ0n) is 14.8. The van der Waals surface area contributed by atoms with Crippen LogP contribution in [0.1, 0.15) is 24.1 Å². The number of likely N-dealkylation sites (tertiary alicyclic amines) is 1. The van der Waals surface area contributed by atoms with Crippen molar-refractivity contribution in [3.8, 4) is 17.2 Å². The first-order valence-electron chi connectivity index (χ1n) is 8.70. The highest BCUT2D eigenvalue weighted by Gasteiger charge is 2.24. The first kappa shape index (κ1) is 17.9. The summed E-state index contributed by atoms with van der Waals surface area (Å²) in [6, 6.07) is 14.0. The highest BCUT2D eigenvalue weighted by molar-refractivity contribution is 5.65. The monoisotopic (exact) mass is 350 g/mol. The van der Waals surface area contributed by atoms with Crippen molar-refractivity contribution < 1.29 is 9.90 Å². The SMILES string of the molecule is CN(Cc1ccc(-c2ccc(C#N)cc2)cn1)C1CCN(C(=O)O)CC1. The number of piperidine rings is 1. The second-order valence-electron chi connectivity index (χ2n) is 6.64. The van der Waals surface area contributed by atoms with E-state index in [-0.39, 0.29) is 0 Å². The van der Waals surface area contributed by atoms with Crippen molar-refractivity contribution in [2.24, 2.45) is 0 Å². The molecule has 26 heavy (non-hydrogen) atoms. The van der Waals surface area contributed by atoms with Gasteiger partial charge in [0.1, 0.15) is 0 Å². The van der Waals surface area contributed by atoms with Crippen LogP contribution in [0.4, 0.5) is 4.79 Å². The van der Waals surface area contributed by atoms with Crippen LogP contribution in [0.3, 0.4) is 0 Å². The molecule has 0 spiro atoms. The Morgan fingerprint density at radius 1 is 1.23 bits per heavy atom. The summed E-state index contributed by atoms with van der Waals surface area (Å²) in [7, 11) is 2.07. The first-order chi connectivity index (χ1) is 12.6. The van der Waals surface area contributed by atoms with Crippen molar-refractivity contribution in [3.05, 3.63) is 53.9 Å². The van der Waals surface area contributed by atoms with Crippen molar-refractivity contribution in [1.29, 1.82) is 5.26 Å². The Kier molecular flexibility index (Phi) is 5.49. The molecule has 6 nitrogen and oxygen atoms in total. The number of aromatic nitrogens is 1. The van der Waals surface area contributed by atoms with Crippen LogP contribution in [-0.2, 0) is 6.54 Å². The van der Waals surface area contributed by atoms with Gasteiger partial charge < -0.3 is 10.0 Å². The van der Waals surface area contributed by atoms with E-state index in [2.05, 4.69) is 23.0 Å². The zero-order chi connectivity index (χ0) is 18.5. The average molecular weight is 350 g/mol. The third-order valence-electron chi connectivity index (χ3n) is 4.94. The fourth-order valence-corrected chi connectivity index (χ4v) is 3.31. The maximum absolute atomic E-state index is 11.0. The van der Waals surface area contributed by atoms with E-state index in [1.807, 2.05) is 30.5 Å². The normalized spacial score (nSPS) is 15.0. The second kappa shape index (κ2) is 7.98. The molecule has 1 fully saturated rings.